The van der Waals surface area contributed by atoms with Crippen LogP contribution in [0.4, 0.5) is 4.39 Å². The van der Waals surface area contributed by atoms with Crippen molar-refractivity contribution >= 4 is 5.97 Å². The molecule has 0 unspecified atom stereocenters. The monoisotopic (exact) mass is 269 g/mol. The van der Waals surface area contributed by atoms with Gasteiger partial charge in [0.15, 0.2) is 18.2 Å². The Hall–Kier alpha value is -1.62. The number of benzene rings is 1. The zero-order valence-electron chi connectivity index (χ0n) is 11.4. The first-order valence-electron chi connectivity index (χ1n) is 6.39. The molecule has 0 aliphatic rings. The molecule has 0 saturated carbocycles. The number of hydrogen-bond donors (Lipinski definition) is 1. The standard InChI is InChI=1S/C14H20FNO3/c1-3-4-8-18-13(17)10-19-14-11(9-16-2)6-5-7-12(14)15/h5-7,16H,3-4,8-10H2,1-2H3. The minimum atomic E-state index is -0.480. The molecule has 0 atom stereocenters. The van der Waals surface area contributed by atoms with Crippen LogP contribution in [0.5, 0.6) is 5.75 Å². The fraction of sp³-hybridized carbons (Fsp3) is 0.500. The summed E-state index contributed by atoms with van der Waals surface area (Å²) in [6.45, 7) is 2.58. The molecule has 4 nitrogen and oxygen atoms in total. The molecule has 0 bridgehead atoms. The van der Waals surface area contributed by atoms with Crippen LogP contribution in [0.25, 0.3) is 0 Å². The third kappa shape index (κ3) is 5.26. The normalized spacial score (nSPS) is 10.3. The second-order valence-electron chi connectivity index (χ2n) is 4.12. The van der Waals surface area contributed by atoms with Crippen LogP contribution in [0.3, 0.4) is 0 Å². The summed E-state index contributed by atoms with van der Waals surface area (Å²) in [7, 11) is 1.76. The first-order valence-corrected chi connectivity index (χ1v) is 6.39. The zero-order valence-corrected chi connectivity index (χ0v) is 11.4. The van der Waals surface area contributed by atoms with Crippen LogP contribution in [-0.4, -0.2) is 26.2 Å². The van der Waals surface area contributed by atoms with Gasteiger partial charge in [-0.05, 0) is 19.5 Å². The molecule has 1 aromatic rings. The van der Waals surface area contributed by atoms with Gasteiger partial charge >= 0.3 is 5.97 Å². The van der Waals surface area contributed by atoms with Crippen molar-refractivity contribution in [1.82, 2.24) is 5.32 Å². The third-order valence-electron chi connectivity index (χ3n) is 2.51. The Labute approximate surface area is 112 Å². The van der Waals surface area contributed by atoms with E-state index in [1.54, 1.807) is 19.2 Å². The first-order chi connectivity index (χ1) is 9.19. The topological polar surface area (TPSA) is 47.6 Å². The molecule has 0 radical (unpaired) electrons. The fourth-order valence-corrected chi connectivity index (χ4v) is 1.55. The summed E-state index contributed by atoms with van der Waals surface area (Å²) in [5.74, 6) is -0.856. The maximum atomic E-state index is 13.6. The van der Waals surface area contributed by atoms with Crippen molar-refractivity contribution < 1.29 is 18.7 Å². The molecule has 19 heavy (non-hydrogen) atoms. The van der Waals surface area contributed by atoms with Crippen molar-refractivity contribution in [3.8, 4) is 5.75 Å². The Kier molecular flexibility index (Phi) is 6.89. The van der Waals surface area contributed by atoms with Crippen LogP contribution in [-0.2, 0) is 16.1 Å². The van der Waals surface area contributed by atoms with E-state index in [4.69, 9.17) is 9.47 Å². The van der Waals surface area contributed by atoms with Crippen molar-refractivity contribution in [1.29, 1.82) is 0 Å². The molecule has 0 aliphatic carbocycles. The number of para-hydroxylation sites is 1. The van der Waals surface area contributed by atoms with E-state index < -0.39 is 11.8 Å². The van der Waals surface area contributed by atoms with Gasteiger partial charge in [0, 0.05) is 12.1 Å². The highest BCUT2D eigenvalue weighted by Gasteiger charge is 2.12. The summed E-state index contributed by atoms with van der Waals surface area (Å²) in [5, 5.41) is 2.92. The average molecular weight is 269 g/mol. The maximum Gasteiger partial charge on any atom is 0.344 e. The summed E-state index contributed by atoms with van der Waals surface area (Å²) >= 11 is 0. The van der Waals surface area contributed by atoms with Crippen molar-refractivity contribution in [3.63, 3.8) is 0 Å². The van der Waals surface area contributed by atoms with Crippen LogP contribution in [0.1, 0.15) is 25.3 Å². The molecule has 5 heteroatoms. The van der Waals surface area contributed by atoms with Gasteiger partial charge in [0.05, 0.1) is 6.61 Å². The molecular weight excluding hydrogens is 249 g/mol. The first kappa shape index (κ1) is 15.4. The second-order valence-corrected chi connectivity index (χ2v) is 4.12. The smallest absolute Gasteiger partial charge is 0.344 e. The van der Waals surface area contributed by atoms with Crippen LogP contribution >= 0.6 is 0 Å². The summed E-state index contributed by atoms with van der Waals surface area (Å²) in [6.07, 6.45) is 1.77. The van der Waals surface area contributed by atoms with Gasteiger partial charge in [-0.2, -0.15) is 0 Å². The highest BCUT2D eigenvalue weighted by atomic mass is 19.1. The Morgan fingerprint density at radius 2 is 2.21 bits per heavy atom. The number of ether oxygens (including phenoxy) is 2. The summed E-state index contributed by atoms with van der Waals surface area (Å²) in [5.41, 5.74) is 0.670. The van der Waals surface area contributed by atoms with Gasteiger partial charge < -0.3 is 14.8 Å². The van der Waals surface area contributed by atoms with Gasteiger partial charge in [0.25, 0.3) is 0 Å². The van der Waals surface area contributed by atoms with E-state index >= 15 is 0 Å². The molecule has 106 valence electrons. The number of unbranched alkanes of at least 4 members (excludes halogenated alkanes) is 1. The molecule has 0 amide bonds. The van der Waals surface area contributed by atoms with Crippen LogP contribution in [0.15, 0.2) is 18.2 Å². The molecular formula is C14H20FNO3. The Morgan fingerprint density at radius 1 is 1.42 bits per heavy atom. The van der Waals surface area contributed by atoms with Crippen LogP contribution in [0.2, 0.25) is 0 Å². The molecule has 1 aromatic carbocycles. The lowest BCUT2D eigenvalue weighted by atomic mass is 10.2. The minimum absolute atomic E-state index is 0.101. The van der Waals surface area contributed by atoms with E-state index in [0.717, 1.165) is 12.8 Å². The fourth-order valence-electron chi connectivity index (χ4n) is 1.55. The molecule has 1 N–H and O–H groups in total. The van der Waals surface area contributed by atoms with E-state index in [0.29, 0.717) is 18.7 Å². The average Bonchev–Trinajstić information content (AvgIpc) is 2.39. The third-order valence-corrected chi connectivity index (χ3v) is 2.51. The van der Waals surface area contributed by atoms with Gasteiger partial charge in [0.2, 0.25) is 0 Å². The van der Waals surface area contributed by atoms with Crippen molar-refractivity contribution in [2.24, 2.45) is 0 Å². The lowest BCUT2D eigenvalue weighted by Gasteiger charge is -2.11. The minimum Gasteiger partial charge on any atom is -0.478 e. The number of esters is 1. The van der Waals surface area contributed by atoms with Gasteiger partial charge in [-0.15, -0.1) is 0 Å². The second kappa shape index (κ2) is 8.48. The molecule has 0 fully saturated rings. The Bertz CT molecular complexity index is 410. The lowest BCUT2D eigenvalue weighted by molar-refractivity contribution is -0.146. The number of halogens is 1. The van der Waals surface area contributed by atoms with E-state index in [-0.39, 0.29) is 12.4 Å². The largest absolute Gasteiger partial charge is 0.478 e. The van der Waals surface area contributed by atoms with Crippen molar-refractivity contribution in [2.45, 2.75) is 26.3 Å². The number of carbonyl (C=O) groups is 1. The Balaban J connectivity index is 2.54. The maximum absolute atomic E-state index is 13.6. The molecule has 1 rings (SSSR count). The van der Waals surface area contributed by atoms with Gasteiger partial charge in [-0.3, -0.25) is 0 Å². The molecule has 0 spiro atoms. The summed E-state index contributed by atoms with van der Waals surface area (Å²) < 4.78 is 23.8. The SMILES string of the molecule is CCCCOC(=O)COc1c(F)cccc1CNC. The molecule has 0 heterocycles. The summed E-state index contributed by atoms with van der Waals surface area (Å²) in [4.78, 5) is 11.4. The number of hydrogen-bond acceptors (Lipinski definition) is 4. The number of carbonyl (C=O) groups excluding carboxylic acids is 1. The van der Waals surface area contributed by atoms with E-state index in [9.17, 15) is 9.18 Å². The predicted octanol–water partition coefficient (Wildman–Crippen LogP) is 2.27. The summed E-state index contributed by atoms with van der Waals surface area (Å²) in [6, 6.07) is 4.66. The molecule has 0 aromatic heterocycles. The quantitative estimate of drug-likeness (QED) is 0.581. The van der Waals surface area contributed by atoms with Crippen molar-refractivity contribution in [3.05, 3.63) is 29.6 Å². The Morgan fingerprint density at radius 3 is 2.89 bits per heavy atom. The van der Waals surface area contributed by atoms with Gasteiger partial charge in [0.1, 0.15) is 0 Å². The van der Waals surface area contributed by atoms with E-state index in [1.165, 1.54) is 6.07 Å². The highest BCUT2D eigenvalue weighted by Crippen LogP contribution is 2.22. The highest BCUT2D eigenvalue weighted by molar-refractivity contribution is 5.71. The van der Waals surface area contributed by atoms with Gasteiger partial charge in [-0.25, -0.2) is 9.18 Å². The van der Waals surface area contributed by atoms with Crippen molar-refractivity contribution in [2.75, 3.05) is 20.3 Å². The van der Waals surface area contributed by atoms with E-state index in [2.05, 4.69) is 5.32 Å². The lowest BCUT2D eigenvalue weighted by Crippen LogP contribution is -2.17. The molecule has 0 saturated heterocycles. The van der Waals surface area contributed by atoms with E-state index in [1.807, 2.05) is 6.92 Å². The van der Waals surface area contributed by atoms with Gasteiger partial charge in [-0.1, -0.05) is 25.5 Å². The zero-order chi connectivity index (χ0) is 14.1. The predicted molar refractivity (Wildman–Crippen MR) is 70.5 cm³/mol. The number of nitrogens with one attached hydrogen (secondary N) is 1. The van der Waals surface area contributed by atoms with Crippen LogP contribution in [0, 0.1) is 5.82 Å². The molecule has 0 aliphatic heterocycles. The number of rotatable bonds is 8. The van der Waals surface area contributed by atoms with Crippen LogP contribution < -0.4 is 10.1 Å².